The molecule has 1 amide bonds. The Bertz CT molecular complexity index is 1370. The van der Waals surface area contributed by atoms with Gasteiger partial charge in [-0.2, -0.15) is 0 Å². The lowest BCUT2D eigenvalue weighted by molar-refractivity contribution is -0.124. The summed E-state index contributed by atoms with van der Waals surface area (Å²) in [5.74, 6) is 1.33. The zero-order chi connectivity index (χ0) is 26.2. The summed E-state index contributed by atoms with van der Waals surface area (Å²) in [6.45, 7) is 7.78. The third kappa shape index (κ3) is 4.55. The molecule has 5 nitrogen and oxygen atoms in total. The Morgan fingerprint density at radius 3 is 2.62 bits per heavy atom. The molecule has 1 saturated heterocycles. The van der Waals surface area contributed by atoms with Gasteiger partial charge in [0.2, 0.25) is 5.91 Å². The highest BCUT2D eigenvalue weighted by Crippen LogP contribution is 2.52. The molecule has 2 aliphatic heterocycles. The van der Waals surface area contributed by atoms with Crippen molar-refractivity contribution < 1.29 is 14.3 Å². The van der Waals surface area contributed by atoms with Crippen LogP contribution in [-0.4, -0.2) is 24.7 Å². The van der Waals surface area contributed by atoms with Crippen molar-refractivity contribution in [1.82, 2.24) is 5.32 Å². The van der Waals surface area contributed by atoms with E-state index in [2.05, 4.69) is 60.5 Å². The summed E-state index contributed by atoms with van der Waals surface area (Å²) in [4.78, 5) is 15.0. The van der Waals surface area contributed by atoms with E-state index in [0.717, 1.165) is 16.8 Å². The highest BCUT2D eigenvalue weighted by atomic mass is 35.5. The highest BCUT2D eigenvalue weighted by Gasteiger charge is 2.57. The topological polar surface area (TPSA) is 50.8 Å². The number of amides is 1. The summed E-state index contributed by atoms with van der Waals surface area (Å²) in [7, 11) is 0. The van der Waals surface area contributed by atoms with Crippen LogP contribution in [0.15, 0.2) is 66.7 Å². The Balaban J connectivity index is 1.44. The molecule has 1 N–H and O–H groups in total. The van der Waals surface area contributed by atoms with Gasteiger partial charge in [0.15, 0.2) is 11.5 Å². The molecule has 7 heteroatoms. The summed E-state index contributed by atoms with van der Waals surface area (Å²) in [6.07, 6.45) is 4.63. The first-order valence-electron chi connectivity index (χ1n) is 12.5. The molecule has 1 unspecified atom stereocenters. The van der Waals surface area contributed by atoms with E-state index in [1.807, 2.05) is 31.2 Å². The van der Waals surface area contributed by atoms with E-state index in [-0.39, 0.29) is 11.3 Å². The van der Waals surface area contributed by atoms with Crippen LogP contribution in [0.3, 0.4) is 0 Å². The van der Waals surface area contributed by atoms with Gasteiger partial charge < -0.3 is 19.7 Å². The molecule has 0 saturated carbocycles. The van der Waals surface area contributed by atoms with Crippen LogP contribution in [0.2, 0.25) is 10.0 Å². The predicted molar refractivity (Wildman–Crippen MR) is 150 cm³/mol. The third-order valence-corrected chi connectivity index (χ3v) is 7.91. The summed E-state index contributed by atoms with van der Waals surface area (Å²) in [5, 5.41) is 4.46. The maximum atomic E-state index is 12.7. The number of halogens is 2. The minimum absolute atomic E-state index is 0.0568. The van der Waals surface area contributed by atoms with E-state index in [0.29, 0.717) is 47.7 Å². The fraction of sp³-hybridized carbons (Fsp3) is 0.300. The van der Waals surface area contributed by atoms with E-state index in [1.54, 1.807) is 12.1 Å². The van der Waals surface area contributed by atoms with E-state index >= 15 is 0 Å². The molecule has 3 aromatic carbocycles. The van der Waals surface area contributed by atoms with Crippen LogP contribution in [0, 0.1) is 0 Å². The van der Waals surface area contributed by atoms with Gasteiger partial charge in [-0.05, 0) is 54.5 Å². The van der Waals surface area contributed by atoms with Gasteiger partial charge in [-0.25, -0.2) is 0 Å². The average Bonchev–Trinajstić information content (AvgIpc) is 3.06. The Morgan fingerprint density at radius 1 is 1.03 bits per heavy atom. The van der Waals surface area contributed by atoms with Crippen molar-refractivity contribution in [3.05, 3.63) is 93.5 Å². The number of hydrogen-bond acceptors (Lipinski definition) is 4. The van der Waals surface area contributed by atoms with E-state index in [1.165, 1.54) is 5.56 Å². The molecule has 1 atom stereocenters. The lowest BCUT2D eigenvalue weighted by atomic mass is 9.74. The van der Waals surface area contributed by atoms with Crippen molar-refractivity contribution in [2.24, 2.45) is 0 Å². The molecule has 0 spiro atoms. The number of benzene rings is 3. The Morgan fingerprint density at radius 2 is 1.84 bits per heavy atom. The minimum Gasteiger partial charge on any atom is -0.490 e. The lowest BCUT2D eigenvalue weighted by Gasteiger charge is -2.49. The van der Waals surface area contributed by atoms with Crippen LogP contribution in [0.4, 0.5) is 5.69 Å². The number of hydrogen-bond donors (Lipinski definition) is 1. The fourth-order valence-corrected chi connectivity index (χ4v) is 5.81. The zero-order valence-electron chi connectivity index (χ0n) is 21.2. The number of carbonyl (C=O) groups excluding carboxylic acids is 1. The van der Waals surface area contributed by atoms with Crippen molar-refractivity contribution in [2.45, 2.75) is 44.9 Å². The zero-order valence-corrected chi connectivity index (χ0v) is 22.7. The molecule has 0 radical (unpaired) electrons. The van der Waals surface area contributed by atoms with Gasteiger partial charge in [0.05, 0.1) is 6.61 Å². The maximum absolute atomic E-state index is 12.7. The number of carbonyl (C=O) groups is 1. The number of nitrogens with one attached hydrogen (secondary N) is 1. The second-order valence-electron chi connectivity index (χ2n) is 9.86. The minimum atomic E-state index is -0.668. The summed E-state index contributed by atoms with van der Waals surface area (Å²) < 4.78 is 12.0. The van der Waals surface area contributed by atoms with Crippen LogP contribution in [0.5, 0.6) is 11.5 Å². The van der Waals surface area contributed by atoms with Gasteiger partial charge in [-0.1, -0.05) is 73.5 Å². The first kappa shape index (κ1) is 25.5. The van der Waals surface area contributed by atoms with Crippen molar-refractivity contribution in [2.75, 3.05) is 18.1 Å². The average molecular weight is 537 g/mol. The van der Waals surface area contributed by atoms with Gasteiger partial charge in [-0.15, -0.1) is 0 Å². The molecule has 3 aromatic rings. The van der Waals surface area contributed by atoms with Crippen LogP contribution in [0.1, 0.15) is 43.9 Å². The summed E-state index contributed by atoms with van der Waals surface area (Å²) >= 11 is 12.3. The van der Waals surface area contributed by atoms with Gasteiger partial charge in [0.25, 0.3) is 0 Å². The van der Waals surface area contributed by atoms with E-state index < -0.39 is 5.66 Å². The van der Waals surface area contributed by atoms with Crippen molar-refractivity contribution in [3.8, 4) is 11.5 Å². The standard InChI is InChI=1S/C30H30Cl2N2O3/c1-4-36-27-17-20(9-12-26(27)37-19-21-10-11-22(31)18-24(21)32)13-15-30-29(2,3)23-7-5-6-8-25(23)34(30)16-14-28(35)33-30/h5-13,15,17-18H,4,14,16,19H2,1-3H3,(H,33,35). The second kappa shape index (κ2) is 9.96. The van der Waals surface area contributed by atoms with Crippen molar-refractivity contribution >= 4 is 40.9 Å². The molecule has 2 heterocycles. The quantitative estimate of drug-likeness (QED) is 0.353. The number of ether oxygens (including phenoxy) is 2. The Hall–Kier alpha value is -3.15. The van der Waals surface area contributed by atoms with Crippen molar-refractivity contribution in [1.29, 1.82) is 0 Å². The number of nitrogens with zero attached hydrogens (tertiary/aromatic N) is 1. The largest absolute Gasteiger partial charge is 0.490 e. The molecular weight excluding hydrogens is 507 g/mol. The van der Waals surface area contributed by atoms with Crippen molar-refractivity contribution in [3.63, 3.8) is 0 Å². The van der Waals surface area contributed by atoms with E-state index in [9.17, 15) is 4.79 Å². The number of anilines is 1. The molecule has 0 aliphatic carbocycles. The molecule has 0 bridgehead atoms. The number of fused-ring (bicyclic) bond motifs is 3. The van der Waals surface area contributed by atoms with Crippen LogP contribution in [0.25, 0.3) is 6.08 Å². The molecule has 192 valence electrons. The summed E-state index contributed by atoms with van der Waals surface area (Å²) in [5.41, 5.74) is 3.17. The first-order chi connectivity index (χ1) is 17.7. The summed E-state index contributed by atoms with van der Waals surface area (Å²) in [6, 6.07) is 19.6. The molecular formula is C30H30Cl2N2O3. The SMILES string of the molecule is CCOc1cc(C=CC23NC(=O)CCN2c2ccccc2C3(C)C)ccc1OCc1ccc(Cl)cc1Cl. The van der Waals surface area contributed by atoms with Crippen LogP contribution < -0.4 is 19.7 Å². The Kier molecular flexibility index (Phi) is 6.86. The molecule has 0 aromatic heterocycles. The maximum Gasteiger partial charge on any atom is 0.223 e. The molecule has 2 aliphatic rings. The second-order valence-corrected chi connectivity index (χ2v) is 10.7. The molecule has 5 rings (SSSR count). The lowest BCUT2D eigenvalue weighted by Crippen LogP contribution is -2.68. The van der Waals surface area contributed by atoms with Crippen LogP contribution in [-0.2, 0) is 16.8 Å². The predicted octanol–water partition coefficient (Wildman–Crippen LogP) is 7.00. The number of rotatable bonds is 7. The van der Waals surface area contributed by atoms with E-state index in [4.69, 9.17) is 32.7 Å². The van der Waals surface area contributed by atoms with Crippen LogP contribution >= 0.6 is 23.2 Å². The number of para-hydroxylation sites is 1. The highest BCUT2D eigenvalue weighted by molar-refractivity contribution is 6.35. The molecule has 37 heavy (non-hydrogen) atoms. The van der Waals surface area contributed by atoms with Gasteiger partial charge in [-0.3, -0.25) is 4.79 Å². The van der Waals surface area contributed by atoms with Gasteiger partial charge >= 0.3 is 0 Å². The normalized spacial score (nSPS) is 19.9. The molecule has 1 fully saturated rings. The smallest absolute Gasteiger partial charge is 0.223 e. The monoisotopic (exact) mass is 536 g/mol. The fourth-order valence-electron chi connectivity index (χ4n) is 5.35. The Labute approximate surface area is 228 Å². The van der Waals surface area contributed by atoms with Gasteiger partial charge in [0, 0.05) is 39.7 Å². The third-order valence-electron chi connectivity index (χ3n) is 7.32. The first-order valence-corrected chi connectivity index (χ1v) is 13.2. The van der Waals surface area contributed by atoms with Gasteiger partial charge in [0.1, 0.15) is 12.3 Å².